The van der Waals surface area contributed by atoms with Gasteiger partial charge in [-0.05, 0) is 24.3 Å². The van der Waals surface area contributed by atoms with E-state index in [9.17, 15) is 13.2 Å². The Morgan fingerprint density at radius 2 is 2.00 bits per heavy atom. The summed E-state index contributed by atoms with van der Waals surface area (Å²) >= 11 is 8.37. The molecule has 3 heterocycles. The minimum Gasteiger partial charge on any atom is -0.468 e. The number of hydrogen-bond donors (Lipinski definition) is 0. The molecule has 0 aliphatic carbocycles. The number of sulfonamides is 1. The van der Waals surface area contributed by atoms with Crippen LogP contribution in [-0.4, -0.2) is 55.5 Å². The van der Waals surface area contributed by atoms with E-state index in [1.807, 2.05) is 12.1 Å². The van der Waals surface area contributed by atoms with Crippen molar-refractivity contribution < 1.29 is 17.6 Å². The van der Waals surface area contributed by atoms with E-state index in [1.165, 1.54) is 22.1 Å². The summed E-state index contributed by atoms with van der Waals surface area (Å²) in [5.41, 5.74) is 0. The van der Waals surface area contributed by atoms with E-state index in [0.717, 1.165) is 17.1 Å². The van der Waals surface area contributed by atoms with Crippen LogP contribution >= 0.6 is 34.7 Å². The first kappa shape index (κ1) is 18.8. The van der Waals surface area contributed by atoms with Crippen LogP contribution in [0.2, 0.25) is 4.34 Å². The van der Waals surface area contributed by atoms with Gasteiger partial charge in [-0.3, -0.25) is 4.79 Å². The molecule has 0 bridgehead atoms. The molecular weight excluding hydrogens is 404 g/mol. The number of halogens is 1. The Labute approximate surface area is 159 Å². The maximum Gasteiger partial charge on any atom is 0.252 e. The number of amides is 1. The van der Waals surface area contributed by atoms with E-state index >= 15 is 0 Å². The lowest BCUT2D eigenvalue weighted by Crippen LogP contribution is -2.50. The molecule has 0 N–H and O–H groups in total. The summed E-state index contributed by atoms with van der Waals surface area (Å²) < 4.78 is 32.4. The quantitative estimate of drug-likeness (QED) is 0.718. The van der Waals surface area contributed by atoms with Gasteiger partial charge in [0.25, 0.3) is 10.0 Å². The number of rotatable bonds is 6. The fourth-order valence-electron chi connectivity index (χ4n) is 2.47. The summed E-state index contributed by atoms with van der Waals surface area (Å²) in [5.74, 6) is 1.86. The van der Waals surface area contributed by atoms with Crippen LogP contribution in [-0.2, 0) is 20.6 Å². The number of furan rings is 1. The molecule has 2 aromatic rings. The van der Waals surface area contributed by atoms with E-state index in [1.54, 1.807) is 17.2 Å². The van der Waals surface area contributed by atoms with Crippen LogP contribution < -0.4 is 0 Å². The second-order valence-electron chi connectivity index (χ2n) is 5.42. The standard InChI is InChI=1S/C15H17ClN2O4S3/c16-13-3-4-15(24-13)25(20,21)18-7-5-17(6-8-18)14(19)11-23-10-12-2-1-9-22-12/h1-4,9H,5-8,10-11H2. The van der Waals surface area contributed by atoms with Crippen molar-refractivity contribution in [2.75, 3.05) is 31.9 Å². The van der Waals surface area contributed by atoms with Gasteiger partial charge < -0.3 is 9.32 Å². The number of piperazine rings is 1. The summed E-state index contributed by atoms with van der Waals surface area (Å²) in [6, 6.07) is 6.79. The zero-order chi connectivity index (χ0) is 17.9. The Morgan fingerprint density at radius 3 is 2.60 bits per heavy atom. The van der Waals surface area contributed by atoms with Crippen molar-refractivity contribution >= 4 is 50.6 Å². The Kier molecular flexibility index (Phi) is 6.11. The van der Waals surface area contributed by atoms with Gasteiger partial charge in [0.05, 0.1) is 22.1 Å². The highest BCUT2D eigenvalue weighted by Gasteiger charge is 2.31. The monoisotopic (exact) mass is 420 g/mol. The molecule has 6 nitrogen and oxygen atoms in total. The van der Waals surface area contributed by atoms with E-state index in [-0.39, 0.29) is 10.1 Å². The van der Waals surface area contributed by atoms with Crippen molar-refractivity contribution in [2.24, 2.45) is 0 Å². The average molecular weight is 421 g/mol. The molecule has 1 fully saturated rings. The van der Waals surface area contributed by atoms with Crippen molar-refractivity contribution in [3.63, 3.8) is 0 Å². The molecule has 1 saturated heterocycles. The van der Waals surface area contributed by atoms with Crippen molar-refractivity contribution in [2.45, 2.75) is 9.96 Å². The summed E-state index contributed by atoms with van der Waals surface area (Å²) in [6.45, 7) is 1.40. The van der Waals surface area contributed by atoms with Gasteiger partial charge >= 0.3 is 0 Å². The zero-order valence-corrected chi connectivity index (χ0v) is 16.5. The highest BCUT2D eigenvalue weighted by Crippen LogP contribution is 2.28. The predicted octanol–water partition coefficient (Wildman–Crippen LogP) is 2.76. The van der Waals surface area contributed by atoms with Gasteiger partial charge in [0, 0.05) is 26.2 Å². The van der Waals surface area contributed by atoms with Crippen molar-refractivity contribution in [1.82, 2.24) is 9.21 Å². The van der Waals surface area contributed by atoms with Crippen LogP contribution in [0.25, 0.3) is 0 Å². The summed E-state index contributed by atoms with van der Waals surface area (Å²) in [4.78, 5) is 14.0. The lowest BCUT2D eigenvalue weighted by Gasteiger charge is -2.33. The average Bonchev–Trinajstić information content (AvgIpc) is 3.27. The lowest BCUT2D eigenvalue weighted by molar-refractivity contribution is -0.129. The Balaban J connectivity index is 1.48. The fourth-order valence-corrected chi connectivity index (χ4v) is 6.35. The molecule has 25 heavy (non-hydrogen) atoms. The van der Waals surface area contributed by atoms with Gasteiger partial charge in [0.1, 0.15) is 9.97 Å². The molecule has 2 aromatic heterocycles. The number of hydrogen-bond acceptors (Lipinski definition) is 6. The smallest absolute Gasteiger partial charge is 0.252 e. The van der Waals surface area contributed by atoms with Gasteiger partial charge in [-0.25, -0.2) is 8.42 Å². The second-order valence-corrected chi connectivity index (χ2v) is 10.3. The normalized spacial score (nSPS) is 16.3. The largest absolute Gasteiger partial charge is 0.468 e. The maximum absolute atomic E-state index is 12.5. The minimum absolute atomic E-state index is 0.0211. The van der Waals surface area contributed by atoms with E-state index in [0.29, 0.717) is 42.0 Å². The maximum atomic E-state index is 12.5. The number of thioether (sulfide) groups is 1. The molecule has 1 aliphatic rings. The van der Waals surface area contributed by atoms with Gasteiger partial charge in [-0.1, -0.05) is 11.6 Å². The molecule has 1 amide bonds. The summed E-state index contributed by atoms with van der Waals surface area (Å²) in [7, 11) is -3.53. The van der Waals surface area contributed by atoms with Crippen LogP contribution in [0.1, 0.15) is 5.76 Å². The molecule has 10 heteroatoms. The number of thiophene rings is 1. The third-order valence-corrected chi connectivity index (χ3v) is 8.32. The highest BCUT2D eigenvalue weighted by atomic mass is 35.5. The molecule has 0 aromatic carbocycles. The molecule has 0 radical (unpaired) electrons. The van der Waals surface area contributed by atoms with Crippen LogP contribution in [0.15, 0.2) is 39.2 Å². The molecule has 3 rings (SSSR count). The highest BCUT2D eigenvalue weighted by molar-refractivity contribution is 7.99. The van der Waals surface area contributed by atoms with Gasteiger partial charge in [-0.15, -0.1) is 23.1 Å². The second kappa shape index (κ2) is 8.13. The summed E-state index contributed by atoms with van der Waals surface area (Å²) in [6.07, 6.45) is 1.61. The molecule has 0 spiro atoms. The van der Waals surface area contributed by atoms with Gasteiger partial charge in [0.2, 0.25) is 5.91 Å². The Bertz CT molecular complexity index is 812. The SMILES string of the molecule is O=C(CSCc1ccco1)N1CCN(S(=O)(=O)c2ccc(Cl)s2)CC1. The molecular formula is C15H17ClN2O4S3. The van der Waals surface area contributed by atoms with Crippen molar-refractivity contribution in [3.05, 3.63) is 40.6 Å². The van der Waals surface area contributed by atoms with Crippen molar-refractivity contribution in [1.29, 1.82) is 0 Å². The third kappa shape index (κ3) is 4.59. The van der Waals surface area contributed by atoms with Crippen molar-refractivity contribution in [3.8, 4) is 0 Å². The molecule has 0 unspecified atom stereocenters. The summed E-state index contributed by atoms with van der Waals surface area (Å²) in [5, 5.41) is 0. The number of carbonyl (C=O) groups excluding carboxylic acids is 1. The van der Waals surface area contributed by atoms with Gasteiger partial charge in [-0.2, -0.15) is 4.31 Å². The molecule has 0 saturated carbocycles. The first-order chi connectivity index (χ1) is 12.0. The fraction of sp³-hybridized carbons (Fsp3) is 0.400. The zero-order valence-electron chi connectivity index (χ0n) is 13.3. The predicted molar refractivity (Wildman–Crippen MR) is 99.5 cm³/mol. The first-order valence-corrected chi connectivity index (χ1v) is 11.4. The Hall–Kier alpha value is -1.000. The van der Waals surface area contributed by atoms with Gasteiger partial charge in [0.15, 0.2) is 0 Å². The number of carbonyl (C=O) groups is 1. The molecule has 0 atom stereocenters. The first-order valence-electron chi connectivity index (χ1n) is 7.60. The van der Waals surface area contributed by atoms with E-state index in [2.05, 4.69) is 0 Å². The third-order valence-electron chi connectivity index (χ3n) is 3.78. The van der Waals surface area contributed by atoms with Crippen LogP contribution in [0.3, 0.4) is 0 Å². The van der Waals surface area contributed by atoms with Crippen LogP contribution in [0.5, 0.6) is 0 Å². The van der Waals surface area contributed by atoms with E-state index in [4.69, 9.17) is 16.0 Å². The van der Waals surface area contributed by atoms with E-state index < -0.39 is 10.0 Å². The number of nitrogens with zero attached hydrogens (tertiary/aromatic N) is 2. The lowest BCUT2D eigenvalue weighted by atomic mass is 10.3. The molecule has 1 aliphatic heterocycles. The topological polar surface area (TPSA) is 70.8 Å². The minimum atomic E-state index is -3.53. The van der Waals surface area contributed by atoms with Crippen LogP contribution in [0, 0.1) is 0 Å². The Morgan fingerprint density at radius 1 is 1.24 bits per heavy atom. The van der Waals surface area contributed by atoms with Crippen LogP contribution in [0.4, 0.5) is 0 Å². The molecule has 136 valence electrons.